The second kappa shape index (κ2) is 6.61. The molecule has 0 heterocycles. The van der Waals surface area contributed by atoms with Crippen molar-refractivity contribution in [3.05, 3.63) is 52.3 Å². The van der Waals surface area contributed by atoms with Gasteiger partial charge in [-0.1, -0.05) is 24.3 Å². The van der Waals surface area contributed by atoms with E-state index in [0.717, 1.165) is 28.8 Å². The van der Waals surface area contributed by atoms with E-state index in [2.05, 4.69) is 28.7 Å². The standard InChI is InChI=1S/C18H24N2O/c1-5-17(13(3)20-19-4)18(21)12(2)15-10-9-14-7-6-8-16(14)11-15/h5,9-11,19,21H,6-8H2,1-4H3/b17-5-,18-12-,20-13+. The number of hydrogen-bond donors (Lipinski definition) is 2. The highest BCUT2D eigenvalue weighted by molar-refractivity contribution is 6.03. The van der Waals surface area contributed by atoms with Crippen LogP contribution < -0.4 is 5.43 Å². The van der Waals surface area contributed by atoms with Crippen molar-refractivity contribution in [1.82, 2.24) is 5.43 Å². The summed E-state index contributed by atoms with van der Waals surface area (Å²) in [5.41, 5.74) is 9.15. The lowest BCUT2D eigenvalue weighted by Gasteiger charge is -2.12. The Kier molecular flexibility index (Phi) is 4.84. The zero-order valence-electron chi connectivity index (χ0n) is 13.3. The third-order valence-electron chi connectivity index (χ3n) is 4.10. The second-order valence-corrected chi connectivity index (χ2v) is 5.43. The number of rotatable bonds is 4. The van der Waals surface area contributed by atoms with Crippen LogP contribution in [-0.4, -0.2) is 17.9 Å². The fourth-order valence-electron chi connectivity index (χ4n) is 2.89. The van der Waals surface area contributed by atoms with Gasteiger partial charge >= 0.3 is 0 Å². The lowest BCUT2D eigenvalue weighted by Crippen LogP contribution is -2.07. The summed E-state index contributed by atoms with van der Waals surface area (Å²) in [6.07, 6.45) is 5.45. The normalized spacial score (nSPS) is 16.6. The van der Waals surface area contributed by atoms with Crippen molar-refractivity contribution in [2.24, 2.45) is 5.10 Å². The first-order valence-electron chi connectivity index (χ1n) is 7.48. The first-order chi connectivity index (χ1) is 10.1. The van der Waals surface area contributed by atoms with Crippen LogP contribution in [0.5, 0.6) is 0 Å². The summed E-state index contributed by atoms with van der Waals surface area (Å²) in [7, 11) is 1.75. The molecular formula is C18H24N2O. The van der Waals surface area contributed by atoms with E-state index in [-0.39, 0.29) is 0 Å². The van der Waals surface area contributed by atoms with Gasteiger partial charge in [0, 0.05) is 12.6 Å². The summed E-state index contributed by atoms with van der Waals surface area (Å²) in [4.78, 5) is 0. The minimum atomic E-state index is 0.298. The summed E-state index contributed by atoms with van der Waals surface area (Å²) in [6.45, 7) is 5.76. The van der Waals surface area contributed by atoms with Gasteiger partial charge in [0.2, 0.25) is 0 Å². The molecule has 1 aromatic carbocycles. The third-order valence-corrected chi connectivity index (χ3v) is 4.10. The van der Waals surface area contributed by atoms with E-state index >= 15 is 0 Å². The number of fused-ring (bicyclic) bond motifs is 1. The summed E-state index contributed by atoms with van der Waals surface area (Å²) in [5.74, 6) is 0.298. The number of aliphatic hydroxyl groups excluding tert-OH is 1. The van der Waals surface area contributed by atoms with Gasteiger partial charge in [-0.15, -0.1) is 0 Å². The summed E-state index contributed by atoms with van der Waals surface area (Å²) < 4.78 is 0. The van der Waals surface area contributed by atoms with E-state index < -0.39 is 0 Å². The molecule has 0 unspecified atom stereocenters. The predicted molar refractivity (Wildman–Crippen MR) is 89.6 cm³/mol. The zero-order chi connectivity index (χ0) is 15.4. The van der Waals surface area contributed by atoms with Crippen molar-refractivity contribution in [3.8, 4) is 0 Å². The van der Waals surface area contributed by atoms with Crippen molar-refractivity contribution < 1.29 is 5.11 Å². The van der Waals surface area contributed by atoms with Gasteiger partial charge in [-0.2, -0.15) is 5.10 Å². The highest BCUT2D eigenvalue weighted by atomic mass is 16.3. The average Bonchev–Trinajstić information content (AvgIpc) is 2.94. The molecule has 1 aliphatic rings. The van der Waals surface area contributed by atoms with E-state index in [4.69, 9.17) is 0 Å². The molecule has 0 saturated heterocycles. The highest BCUT2D eigenvalue weighted by Gasteiger charge is 2.15. The Morgan fingerprint density at radius 1 is 1.24 bits per heavy atom. The number of hydrazone groups is 1. The monoisotopic (exact) mass is 284 g/mol. The molecule has 0 fully saturated rings. The quantitative estimate of drug-likeness (QED) is 0.380. The minimum absolute atomic E-state index is 0.298. The molecule has 2 N–H and O–H groups in total. The molecule has 112 valence electrons. The molecular weight excluding hydrogens is 260 g/mol. The molecule has 1 aliphatic carbocycles. The van der Waals surface area contributed by atoms with Crippen molar-refractivity contribution in [2.45, 2.75) is 40.0 Å². The van der Waals surface area contributed by atoms with E-state index in [9.17, 15) is 5.11 Å². The van der Waals surface area contributed by atoms with Crippen LogP contribution in [0.2, 0.25) is 0 Å². The van der Waals surface area contributed by atoms with Gasteiger partial charge in [-0.05, 0) is 62.3 Å². The van der Waals surface area contributed by atoms with Crippen LogP contribution in [0.3, 0.4) is 0 Å². The molecule has 0 amide bonds. The van der Waals surface area contributed by atoms with Gasteiger partial charge in [0.15, 0.2) is 0 Å². The zero-order valence-corrected chi connectivity index (χ0v) is 13.3. The van der Waals surface area contributed by atoms with Gasteiger partial charge in [0.25, 0.3) is 0 Å². The fourth-order valence-corrected chi connectivity index (χ4v) is 2.89. The van der Waals surface area contributed by atoms with E-state index in [1.807, 2.05) is 26.8 Å². The lowest BCUT2D eigenvalue weighted by molar-refractivity contribution is 0.430. The van der Waals surface area contributed by atoms with Crippen molar-refractivity contribution in [3.63, 3.8) is 0 Å². The van der Waals surface area contributed by atoms with Crippen LogP contribution >= 0.6 is 0 Å². The maximum absolute atomic E-state index is 10.6. The molecule has 0 spiro atoms. The Morgan fingerprint density at radius 3 is 2.62 bits per heavy atom. The van der Waals surface area contributed by atoms with Crippen LogP contribution in [0.15, 0.2) is 40.7 Å². The molecule has 3 nitrogen and oxygen atoms in total. The van der Waals surface area contributed by atoms with Gasteiger partial charge < -0.3 is 10.5 Å². The predicted octanol–water partition coefficient (Wildman–Crippen LogP) is 4.01. The summed E-state index contributed by atoms with van der Waals surface area (Å²) >= 11 is 0. The lowest BCUT2D eigenvalue weighted by atomic mass is 9.97. The minimum Gasteiger partial charge on any atom is -0.507 e. The Bertz CT molecular complexity index is 624. The Labute approximate surface area is 127 Å². The van der Waals surface area contributed by atoms with Gasteiger partial charge in [0.1, 0.15) is 5.76 Å². The third kappa shape index (κ3) is 3.18. The molecule has 2 rings (SSSR count). The Hall–Kier alpha value is -2.03. The number of allylic oxidation sites excluding steroid dienone is 3. The summed E-state index contributed by atoms with van der Waals surface area (Å²) in [5, 5.41) is 14.7. The van der Waals surface area contributed by atoms with Crippen molar-refractivity contribution >= 4 is 11.3 Å². The topological polar surface area (TPSA) is 44.6 Å². The molecule has 0 radical (unpaired) electrons. The maximum atomic E-state index is 10.6. The van der Waals surface area contributed by atoms with Gasteiger partial charge in [-0.3, -0.25) is 0 Å². The van der Waals surface area contributed by atoms with E-state index in [1.165, 1.54) is 24.0 Å². The summed E-state index contributed by atoms with van der Waals surface area (Å²) in [6, 6.07) is 6.51. The molecule has 3 heteroatoms. The molecule has 1 aromatic rings. The van der Waals surface area contributed by atoms with E-state index in [0.29, 0.717) is 5.76 Å². The van der Waals surface area contributed by atoms with Crippen LogP contribution in [-0.2, 0) is 12.8 Å². The smallest absolute Gasteiger partial charge is 0.127 e. The molecule has 0 aliphatic heterocycles. The number of aryl methyl sites for hydroxylation is 2. The van der Waals surface area contributed by atoms with E-state index in [1.54, 1.807) is 7.05 Å². The molecule has 0 bridgehead atoms. The fraction of sp³-hybridized carbons (Fsp3) is 0.389. The molecule has 21 heavy (non-hydrogen) atoms. The van der Waals surface area contributed by atoms with Crippen LogP contribution in [0, 0.1) is 0 Å². The molecule has 0 saturated carbocycles. The van der Waals surface area contributed by atoms with Crippen LogP contribution in [0.25, 0.3) is 5.57 Å². The SMILES string of the molecule is C/C=C(C(\O)=C(/C)c1ccc2c(c1)CCC2)/C(C)=N/NC. The number of aliphatic hydroxyl groups is 1. The highest BCUT2D eigenvalue weighted by Crippen LogP contribution is 2.28. The number of benzene rings is 1. The molecule has 0 aromatic heterocycles. The molecule has 0 atom stereocenters. The number of nitrogens with zero attached hydrogens (tertiary/aromatic N) is 1. The first-order valence-corrected chi connectivity index (χ1v) is 7.48. The first kappa shape index (κ1) is 15.4. The van der Waals surface area contributed by atoms with Crippen LogP contribution in [0.1, 0.15) is 43.9 Å². The Morgan fingerprint density at radius 2 is 1.95 bits per heavy atom. The van der Waals surface area contributed by atoms with Gasteiger partial charge in [-0.25, -0.2) is 0 Å². The largest absolute Gasteiger partial charge is 0.507 e. The van der Waals surface area contributed by atoms with Crippen molar-refractivity contribution in [1.29, 1.82) is 0 Å². The number of hydrogen-bond acceptors (Lipinski definition) is 3. The van der Waals surface area contributed by atoms with Gasteiger partial charge in [0.05, 0.1) is 5.71 Å². The maximum Gasteiger partial charge on any atom is 0.127 e. The van der Waals surface area contributed by atoms with Crippen LogP contribution in [0.4, 0.5) is 0 Å². The van der Waals surface area contributed by atoms with Crippen molar-refractivity contribution in [2.75, 3.05) is 7.05 Å². The average molecular weight is 284 g/mol. The number of nitrogens with one attached hydrogen (secondary N) is 1. The Balaban J connectivity index is 2.40. The second-order valence-electron chi connectivity index (χ2n) is 5.43.